The van der Waals surface area contributed by atoms with Gasteiger partial charge in [-0.15, -0.1) is 5.10 Å². The molecule has 0 atom stereocenters. The fourth-order valence-electron chi connectivity index (χ4n) is 1.49. The summed E-state index contributed by atoms with van der Waals surface area (Å²) in [5.74, 6) is 0.533. The standard InChI is InChI=1S/C11H15N3O/c1-3-8(2)10-13-14-11(15-10)12-9-6-4-5-7-9/h4-5,9H,2-3,6-7H2,1H3,(H,12,14). The van der Waals surface area contributed by atoms with E-state index < -0.39 is 0 Å². The van der Waals surface area contributed by atoms with E-state index in [9.17, 15) is 0 Å². The van der Waals surface area contributed by atoms with Crippen LogP contribution in [-0.2, 0) is 0 Å². The van der Waals surface area contributed by atoms with Gasteiger partial charge in [-0.05, 0) is 19.3 Å². The number of hydrogen-bond donors (Lipinski definition) is 1. The lowest BCUT2D eigenvalue weighted by atomic mass is 10.2. The predicted molar refractivity (Wildman–Crippen MR) is 59.4 cm³/mol. The summed E-state index contributed by atoms with van der Waals surface area (Å²) in [4.78, 5) is 0. The molecule has 80 valence electrons. The van der Waals surface area contributed by atoms with E-state index >= 15 is 0 Å². The van der Waals surface area contributed by atoms with Gasteiger partial charge in [0.05, 0.1) is 0 Å². The van der Waals surface area contributed by atoms with Gasteiger partial charge in [0.2, 0.25) is 5.89 Å². The molecule has 0 radical (unpaired) electrons. The summed E-state index contributed by atoms with van der Waals surface area (Å²) in [5.41, 5.74) is 0.875. The first-order valence-corrected chi connectivity index (χ1v) is 5.22. The first-order chi connectivity index (χ1) is 7.29. The van der Waals surface area contributed by atoms with Crippen molar-refractivity contribution in [3.05, 3.63) is 24.6 Å². The van der Waals surface area contributed by atoms with Crippen molar-refractivity contribution >= 4 is 11.6 Å². The van der Waals surface area contributed by atoms with Crippen molar-refractivity contribution in [1.29, 1.82) is 0 Å². The van der Waals surface area contributed by atoms with Crippen LogP contribution < -0.4 is 5.32 Å². The molecule has 4 nitrogen and oxygen atoms in total. The van der Waals surface area contributed by atoms with Crippen LogP contribution in [0.1, 0.15) is 32.1 Å². The van der Waals surface area contributed by atoms with Gasteiger partial charge in [-0.1, -0.05) is 30.8 Å². The highest BCUT2D eigenvalue weighted by Crippen LogP contribution is 2.19. The molecule has 0 aromatic carbocycles. The Balaban J connectivity index is 1.97. The lowest BCUT2D eigenvalue weighted by molar-refractivity contribution is 0.539. The normalized spacial score (nSPS) is 15.8. The van der Waals surface area contributed by atoms with Crippen LogP contribution in [0.25, 0.3) is 5.57 Å². The second kappa shape index (κ2) is 4.29. The molecule has 4 heteroatoms. The Morgan fingerprint density at radius 2 is 2.27 bits per heavy atom. The summed E-state index contributed by atoms with van der Waals surface area (Å²) >= 11 is 0. The van der Waals surface area contributed by atoms with Crippen molar-refractivity contribution in [2.75, 3.05) is 5.32 Å². The zero-order valence-electron chi connectivity index (χ0n) is 8.86. The highest BCUT2D eigenvalue weighted by atomic mass is 16.4. The summed E-state index contributed by atoms with van der Waals surface area (Å²) in [6, 6.07) is 0.890. The molecule has 1 N–H and O–H groups in total. The minimum Gasteiger partial charge on any atom is -0.404 e. The van der Waals surface area contributed by atoms with Gasteiger partial charge < -0.3 is 9.73 Å². The molecule has 1 aliphatic rings. The van der Waals surface area contributed by atoms with Crippen LogP contribution in [0, 0.1) is 0 Å². The molecule has 2 rings (SSSR count). The quantitative estimate of drug-likeness (QED) is 0.768. The Labute approximate surface area is 89.1 Å². The van der Waals surface area contributed by atoms with Crippen LogP contribution in [-0.4, -0.2) is 16.2 Å². The SMILES string of the molecule is C=C(CC)c1nnc(NC2CC=CC2)o1. The number of nitrogens with zero attached hydrogens (tertiary/aromatic N) is 2. The molecule has 1 aromatic rings. The Hall–Kier alpha value is -1.58. The maximum atomic E-state index is 5.44. The third kappa shape index (κ3) is 2.26. The largest absolute Gasteiger partial charge is 0.404 e. The summed E-state index contributed by atoms with van der Waals surface area (Å²) in [6.45, 7) is 5.87. The van der Waals surface area contributed by atoms with Crippen molar-refractivity contribution in [1.82, 2.24) is 10.2 Å². The van der Waals surface area contributed by atoms with Crippen LogP contribution in [0.2, 0.25) is 0 Å². The lowest BCUT2D eigenvalue weighted by Gasteiger charge is -2.07. The summed E-state index contributed by atoms with van der Waals surface area (Å²) < 4.78 is 5.44. The number of rotatable bonds is 4. The van der Waals surface area contributed by atoms with Gasteiger partial charge in [-0.3, -0.25) is 0 Å². The van der Waals surface area contributed by atoms with Gasteiger partial charge in [0.25, 0.3) is 0 Å². The van der Waals surface area contributed by atoms with E-state index in [-0.39, 0.29) is 0 Å². The average molecular weight is 205 g/mol. The second-order valence-electron chi connectivity index (χ2n) is 3.65. The summed E-state index contributed by atoms with van der Waals surface area (Å²) in [7, 11) is 0. The molecule has 0 fully saturated rings. The van der Waals surface area contributed by atoms with Gasteiger partial charge in [0, 0.05) is 11.6 Å². The maximum Gasteiger partial charge on any atom is 0.315 e. The predicted octanol–water partition coefficient (Wildman–Crippen LogP) is 2.62. The van der Waals surface area contributed by atoms with E-state index in [1.165, 1.54) is 0 Å². The monoisotopic (exact) mass is 205 g/mol. The van der Waals surface area contributed by atoms with Crippen LogP contribution >= 0.6 is 0 Å². The van der Waals surface area contributed by atoms with Crippen molar-refractivity contribution in [2.24, 2.45) is 0 Å². The third-order valence-corrected chi connectivity index (χ3v) is 2.49. The number of nitrogens with one attached hydrogen (secondary N) is 1. The smallest absolute Gasteiger partial charge is 0.315 e. The van der Waals surface area contributed by atoms with Gasteiger partial charge in [-0.2, -0.15) is 0 Å². The topological polar surface area (TPSA) is 51.0 Å². The van der Waals surface area contributed by atoms with Gasteiger partial charge in [0.1, 0.15) is 0 Å². The molecule has 0 saturated carbocycles. The number of anilines is 1. The summed E-state index contributed by atoms with van der Waals surface area (Å²) in [6.07, 6.45) is 7.17. The Morgan fingerprint density at radius 3 is 2.93 bits per heavy atom. The fraction of sp³-hybridized carbons (Fsp3) is 0.455. The van der Waals surface area contributed by atoms with Crippen molar-refractivity contribution in [2.45, 2.75) is 32.2 Å². The van der Waals surface area contributed by atoms with E-state index in [2.05, 4.69) is 34.2 Å². The molecule has 0 spiro atoms. The first kappa shape index (κ1) is 9.96. The molecule has 0 unspecified atom stereocenters. The van der Waals surface area contributed by atoms with Crippen LogP contribution in [0.15, 0.2) is 23.1 Å². The zero-order chi connectivity index (χ0) is 10.7. The first-order valence-electron chi connectivity index (χ1n) is 5.22. The lowest BCUT2D eigenvalue weighted by Crippen LogP contribution is -2.15. The maximum absolute atomic E-state index is 5.44. The molecule has 0 aliphatic heterocycles. The molecule has 1 aliphatic carbocycles. The molecular formula is C11H15N3O. The minimum atomic E-state index is 0.396. The third-order valence-electron chi connectivity index (χ3n) is 2.49. The highest BCUT2D eigenvalue weighted by molar-refractivity contribution is 5.55. The second-order valence-corrected chi connectivity index (χ2v) is 3.65. The van der Waals surface area contributed by atoms with Crippen molar-refractivity contribution < 1.29 is 4.42 Å². The van der Waals surface area contributed by atoms with E-state index in [1.807, 2.05) is 6.92 Å². The molecule has 1 heterocycles. The van der Waals surface area contributed by atoms with Crippen molar-refractivity contribution in [3.8, 4) is 0 Å². The highest BCUT2D eigenvalue weighted by Gasteiger charge is 2.14. The van der Waals surface area contributed by atoms with Crippen LogP contribution in [0.5, 0.6) is 0 Å². The van der Waals surface area contributed by atoms with E-state index in [4.69, 9.17) is 4.42 Å². The van der Waals surface area contributed by atoms with Crippen LogP contribution in [0.4, 0.5) is 6.01 Å². The molecule has 15 heavy (non-hydrogen) atoms. The number of allylic oxidation sites excluding steroid dienone is 1. The van der Waals surface area contributed by atoms with E-state index in [0.29, 0.717) is 17.9 Å². The summed E-state index contributed by atoms with van der Waals surface area (Å²) in [5, 5.41) is 11.1. The van der Waals surface area contributed by atoms with Crippen LogP contribution in [0.3, 0.4) is 0 Å². The van der Waals surface area contributed by atoms with Crippen molar-refractivity contribution in [3.63, 3.8) is 0 Å². The number of aromatic nitrogens is 2. The Kier molecular flexibility index (Phi) is 2.85. The fourth-order valence-corrected chi connectivity index (χ4v) is 1.49. The molecular weight excluding hydrogens is 190 g/mol. The van der Waals surface area contributed by atoms with E-state index in [1.54, 1.807) is 0 Å². The molecule has 0 bridgehead atoms. The molecule has 0 amide bonds. The minimum absolute atomic E-state index is 0.396. The Morgan fingerprint density at radius 1 is 1.53 bits per heavy atom. The Bertz CT molecular complexity index is 373. The van der Waals surface area contributed by atoms with E-state index in [0.717, 1.165) is 24.8 Å². The van der Waals surface area contributed by atoms with Gasteiger partial charge in [-0.25, -0.2) is 0 Å². The average Bonchev–Trinajstić information content (AvgIpc) is 2.88. The van der Waals surface area contributed by atoms with Gasteiger partial charge in [0.15, 0.2) is 0 Å². The van der Waals surface area contributed by atoms with Gasteiger partial charge >= 0.3 is 6.01 Å². The molecule has 1 aromatic heterocycles. The molecule has 0 saturated heterocycles. The number of hydrogen-bond acceptors (Lipinski definition) is 4. The zero-order valence-corrected chi connectivity index (χ0v) is 8.86.